The van der Waals surface area contributed by atoms with Gasteiger partial charge in [-0.15, -0.1) is 0 Å². The Hall–Kier alpha value is -2.74. The molecule has 3 aromatic carbocycles. The minimum Gasteiger partial charge on any atom is -0.348 e. The van der Waals surface area contributed by atoms with Crippen LogP contribution in [0.2, 0.25) is 5.02 Å². The second kappa shape index (κ2) is 10.3. The van der Waals surface area contributed by atoms with Gasteiger partial charge in [-0.3, -0.25) is 4.79 Å². The third kappa shape index (κ3) is 5.94. The Balaban J connectivity index is 1.84. The molecule has 0 aliphatic heterocycles. The predicted molar refractivity (Wildman–Crippen MR) is 123 cm³/mol. The number of hydrogen-bond donors (Lipinski definition) is 1. The standard InChI is InChI=1S/C24H24ClFN2O3S/c1-17-5-3-4-6-20(17)15-28(32(30,31)23-13-9-21(25)10-14-23)16-24(29)27-18(2)19-7-11-22(26)12-8-19/h3-14,18H,15-16H2,1-2H3,(H,27,29). The number of nitrogens with one attached hydrogen (secondary N) is 1. The highest BCUT2D eigenvalue weighted by Gasteiger charge is 2.28. The van der Waals surface area contributed by atoms with Gasteiger partial charge in [0.15, 0.2) is 0 Å². The van der Waals surface area contributed by atoms with Crippen LogP contribution in [-0.4, -0.2) is 25.2 Å². The van der Waals surface area contributed by atoms with Crippen molar-refractivity contribution in [1.29, 1.82) is 0 Å². The van der Waals surface area contributed by atoms with Crippen molar-refractivity contribution in [1.82, 2.24) is 9.62 Å². The molecule has 0 heterocycles. The fraction of sp³-hybridized carbons (Fsp3) is 0.208. The molecule has 1 atom stereocenters. The van der Waals surface area contributed by atoms with Gasteiger partial charge < -0.3 is 5.32 Å². The maximum Gasteiger partial charge on any atom is 0.243 e. The van der Waals surface area contributed by atoms with Gasteiger partial charge in [0, 0.05) is 11.6 Å². The summed E-state index contributed by atoms with van der Waals surface area (Å²) in [5.41, 5.74) is 2.43. The van der Waals surface area contributed by atoms with E-state index < -0.39 is 22.0 Å². The quantitative estimate of drug-likeness (QED) is 0.507. The summed E-state index contributed by atoms with van der Waals surface area (Å²) in [4.78, 5) is 12.8. The summed E-state index contributed by atoms with van der Waals surface area (Å²) in [5, 5.41) is 3.21. The lowest BCUT2D eigenvalue weighted by atomic mass is 10.1. The summed E-state index contributed by atoms with van der Waals surface area (Å²) in [6.07, 6.45) is 0. The second-order valence-electron chi connectivity index (χ2n) is 7.49. The van der Waals surface area contributed by atoms with Crippen LogP contribution in [-0.2, 0) is 21.4 Å². The van der Waals surface area contributed by atoms with Gasteiger partial charge in [-0.2, -0.15) is 4.31 Å². The maximum atomic E-state index is 13.3. The first-order valence-electron chi connectivity index (χ1n) is 10.0. The number of amides is 1. The molecule has 0 radical (unpaired) electrons. The largest absolute Gasteiger partial charge is 0.348 e. The van der Waals surface area contributed by atoms with Crippen molar-refractivity contribution in [3.8, 4) is 0 Å². The van der Waals surface area contributed by atoms with E-state index in [1.807, 2.05) is 31.2 Å². The molecule has 3 rings (SSSR count). The normalized spacial score (nSPS) is 12.5. The van der Waals surface area contributed by atoms with E-state index in [4.69, 9.17) is 11.6 Å². The number of benzene rings is 3. The zero-order valence-corrected chi connectivity index (χ0v) is 19.3. The summed E-state index contributed by atoms with van der Waals surface area (Å²) in [6.45, 7) is 3.31. The number of carbonyl (C=O) groups is 1. The molecule has 32 heavy (non-hydrogen) atoms. The van der Waals surface area contributed by atoms with Gasteiger partial charge in [0.05, 0.1) is 17.5 Å². The van der Waals surface area contributed by atoms with E-state index in [0.29, 0.717) is 10.6 Å². The lowest BCUT2D eigenvalue weighted by Crippen LogP contribution is -2.41. The molecule has 1 amide bonds. The molecule has 168 valence electrons. The molecule has 0 spiro atoms. The Labute approximate surface area is 192 Å². The molecule has 1 N–H and O–H groups in total. The van der Waals surface area contributed by atoms with Crippen LogP contribution < -0.4 is 5.32 Å². The average Bonchev–Trinajstić information content (AvgIpc) is 2.75. The molecule has 5 nitrogen and oxygen atoms in total. The Morgan fingerprint density at radius 3 is 2.28 bits per heavy atom. The van der Waals surface area contributed by atoms with Crippen molar-refractivity contribution < 1.29 is 17.6 Å². The van der Waals surface area contributed by atoms with E-state index in [1.54, 1.807) is 19.1 Å². The van der Waals surface area contributed by atoms with Gasteiger partial charge in [0.25, 0.3) is 0 Å². The topological polar surface area (TPSA) is 66.5 Å². The molecular weight excluding hydrogens is 451 g/mol. The van der Waals surface area contributed by atoms with Gasteiger partial charge in [-0.05, 0) is 66.9 Å². The van der Waals surface area contributed by atoms with Crippen LogP contribution in [0.15, 0.2) is 77.7 Å². The van der Waals surface area contributed by atoms with Crippen LogP contribution in [0.25, 0.3) is 0 Å². The number of hydrogen-bond acceptors (Lipinski definition) is 3. The van der Waals surface area contributed by atoms with Gasteiger partial charge in [-0.25, -0.2) is 12.8 Å². The lowest BCUT2D eigenvalue weighted by Gasteiger charge is -2.24. The summed E-state index contributed by atoms with van der Waals surface area (Å²) < 4.78 is 41.0. The highest BCUT2D eigenvalue weighted by atomic mass is 35.5. The number of rotatable bonds is 8. The van der Waals surface area contributed by atoms with E-state index in [0.717, 1.165) is 15.4 Å². The van der Waals surface area contributed by atoms with E-state index in [-0.39, 0.29) is 23.8 Å². The number of sulfonamides is 1. The summed E-state index contributed by atoms with van der Waals surface area (Å²) in [5.74, 6) is -0.835. The van der Waals surface area contributed by atoms with Crippen LogP contribution in [0.3, 0.4) is 0 Å². The van der Waals surface area contributed by atoms with E-state index in [1.165, 1.54) is 36.4 Å². The third-order valence-corrected chi connectivity index (χ3v) is 7.18. The molecule has 1 unspecified atom stereocenters. The summed E-state index contributed by atoms with van der Waals surface area (Å²) >= 11 is 5.91. The highest BCUT2D eigenvalue weighted by molar-refractivity contribution is 7.89. The van der Waals surface area contributed by atoms with E-state index in [9.17, 15) is 17.6 Å². The number of halogens is 2. The predicted octanol–water partition coefficient (Wildman–Crippen LogP) is 4.86. The van der Waals surface area contributed by atoms with Crippen molar-refractivity contribution >= 4 is 27.5 Å². The first-order chi connectivity index (χ1) is 15.2. The van der Waals surface area contributed by atoms with E-state index in [2.05, 4.69) is 5.32 Å². The highest BCUT2D eigenvalue weighted by Crippen LogP contribution is 2.22. The minimum absolute atomic E-state index is 0.0377. The smallest absolute Gasteiger partial charge is 0.243 e. The molecule has 0 fully saturated rings. The Morgan fingerprint density at radius 1 is 1.03 bits per heavy atom. The zero-order chi connectivity index (χ0) is 23.3. The lowest BCUT2D eigenvalue weighted by molar-refractivity contribution is -0.122. The molecule has 0 saturated carbocycles. The molecule has 0 bridgehead atoms. The number of aryl methyl sites for hydroxylation is 1. The molecule has 8 heteroatoms. The van der Waals surface area contributed by atoms with Crippen LogP contribution in [0.5, 0.6) is 0 Å². The maximum absolute atomic E-state index is 13.3. The zero-order valence-electron chi connectivity index (χ0n) is 17.8. The molecule has 0 aliphatic carbocycles. The van der Waals surface area contributed by atoms with Crippen LogP contribution in [0.4, 0.5) is 4.39 Å². The van der Waals surface area contributed by atoms with Crippen molar-refractivity contribution in [2.45, 2.75) is 31.3 Å². The van der Waals surface area contributed by atoms with Crippen molar-refractivity contribution in [3.63, 3.8) is 0 Å². The first-order valence-corrected chi connectivity index (χ1v) is 11.8. The molecule has 0 aliphatic rings. The molecular formula is C24H24ClFN2O3S. The fourth-order valence-corrected chi connectivity index (χ4v) is 4.74. The van der Waals surface area contributed by atoms with E-state index >= 15 is 0 Å². The van der Waals surface area contributed by atoms with Crippen molar-refractivity contribution in [3.05, 3.63) is 100 Å². The molecule has 0 saturated heterocycles. The van der Waals surface area contributed by atoms with Crippen LogP contribution in [0.1, 0.15) is 29.7 Å². The van der Waals surface area contributed by atoms with Crippen LogP contribution >= 0.6 is 11.6 Å². The third-order valence-electron chi connectivity index (χ3n) is 5.13. The van der Waals surface area contributed by atoms with Gasteiger partial charge >= 0.3 is 0 Å². The second-order valence-corrected chi connectivity index (χ2v) is 9.87. The number of carbonyl (C=O) groups excluding carboxylic acids is 1. The molecule has 0 aromatic heterocycles. The van der Waals surface area contributed by atoms with Gasteiger partial charge in [-0.1, -0.05) is 48.0 Å². The first kappa shape index (κ1) is 23.9. The Morgan fingerprint density at radius 2 is 1.66 bits per heavy atom. The minimum atomic E-state index is -3.97. The Kier molecular flexibility index (Phi) is 7.66. The summed E-state index contributed by atoms with van der Waals surface area (Å²) in [7, 11) is -3.97. The fourth-order valence-electron chi connectivity index (χ4n) is 3.24. The molecule has 3 aromatic rings. The monoisotopic (exact) mass is 474 g/mol. The van der Waals surface area contributed by atoms with Gasteiger partial charge in [0.1, 0.15) is 5.82 Å². The average molecular weight is 475 g/mol. The SMILES string of the molecule is Cc1ccccc1CN(CC(=O)NC(C)c1ccc(F)cc1)S(=O)(=O)c1ccc(Cl)cc1. The van der Waals surface area contributed by atoms with Crippen LogP contribution in [0, 0.1) is 12.7 Å². The number of nitrogens with zero attached hydrogens (tertiary/aromatic N) is 1. The van der Waals surface area contributed by atoms with Crippen molar-refractivity contribution in [2.75, 3.05) is 6.54 Å². The van der Waals surface area contributed by atoms with Crippen molar-refractivity contribution in [2.24, 2.45) is 0 Å². The van der Waals surface area contributed by atoms with Gasteiger partial charge in [0.2, 0.25) is 15.9 Å². The summed E-state index contributed by atoms with van der Waals surface area (Å²) in [6, 6.07) is 18.6. The Bertz CT molecular complexity index is 1180.